The molecule has 0 radical (unpaired) electrons. The molecule has 0 fully saturated rings. The maximum atomic E-state index is 5.06. The van der Waals surface area contributed by atoms with Crippen molar-refractivity contribution in [2.45, 2.75) is 12.8 Å². The number of ether oxygens (including phenoxy) is 1. The van der Waals surface area contributed by atoms with E-state index < -0.39 is 0 Å². The van der Waals surface area contributed by atoms with Gasteiger partial charge in [-0.1, -0.05) is 24.3 Å². The minimum absolute atomic E-state index is 0. The van der Waals surface area contributed by atoms with Crippen molar-refractivity contribution in [3.63, 3.8) is 0 Å². The maximum Gasteiger partial charge on any atom is 0.0525 e. The van der Waals surface area contributed by atoms with Crippen LogP contribution < -0.4 is 0 Å². The predicted molar refractivity (Wildman–Crippen MR) is 58.3 cm³/mol. The molecule has 0 aromatic rings. The van der Waals surface area contributed by atoms with Crippen LogP contribution in [0.2, 0.25) is 0 Å². The molecule has 0 aromatic heterocycles. The predicted octanol–water partition coefficient (Wildman–Crippen LogP) is 2.77. The molecule has 1 aliphatic carbocycles. The van der Waals surface area contributed by atoms with Gasteiger partial charge in [0.05, 0.1) is 6.61 Å². The lowest BCUT2D eigenvalue weighted by Gasteiger charge is -2.07. The van der Waals surface area contributed by atoms with Crippen molar-refractivity contribution < 1.29 is 4.74 Å². The summed E-state index contributed by atoms with van der Waals surface area (Å²) in [4.78, 5) is 0. The van der Waals surface area contributed by atoms with Gasteiger partial charge in [-0.3, -0.25) is 0 Å². The summed E-state index contributed by atoms with van der Waals surface area (Å²) in [5.41, 5.74) is 0. The molecule has 64 valence electrons. The fraction of sp³-hybridized carbons (Fsp3) is 0.556. The summed E-state index contributed by atoms with van der Waals surface area (Å²) in [6.45, 7) is 0.859. The number of methoxy groups -OCH3 is 1. The van der Waals surface area contributed by atoms with Gasteiger partial charge in [-0.25, -0.2) is 0 Å². The summed E-state index contributed by atoms with van der Waals surface area (Å²) in [6, 6.07) is 0. The van der Waals surface area contributed by atoms with Crippen LogP contribution in [0.25, 0.3) is 0 Å². The van der Waals surface area contributed by atoms with E-state index in [-0.39, 0.29) is 24.0 Å². The molecule has 1 nitrogen and oxygen atoms in total. The van der Waals surface area contributed by atoms with Gasteiger partial charge in [0.15, 0.2) is 0 Å². The summed E-state index contributed by atoms with van der Waals surface area (Å²) < 4.78 is 5.06. The lowest BCUT2D eigenvalue weighted by molar-refractivity contribution is 0.167. The summed E-state index contributed by atoms with van der Waals surface area (Å²) in [7, 11) is 1.76. The van der Waals surface area contributed by atoms with Crippen molar-refractivity contribution in [1.29, 1.82) is 0 Å². The van der Waals surface area contributed by atoms with Crippen molar-refractivity contribution in [3.8, 4) is 0 Å². The zero-order valence-electron chi connectivity index (χ0n) is 6.82. The fourth-order valence-corrected chi connectivity index (χ4v) is 1.16. The third kappa shape index (κ3) is 4.58. The molecule has 0 saturated carbocycles. The van der Waals surface area contributed by atoms with E-state index in [2.05, 4.69) is 24.3 Å². The van der Waals surface area contributed by atoms with Gasteiger partial charge in [0.1, 0.15) is 0 Å². The fourth-order valence-electron chi connectivity index (χ4n) is 1.16. The molecular formula is C9H15IO. The molecule has 1 unspecified atom stereocenters. The van der Waals surface area contributed by atoms with E-state index in [0.29, 0.717) is 5.92 Å². The Hall–Kier alpha value is 0.170. The average molecular weight is 266 g/mol. The van der Waals surface area contributed by atoms with Gasteiger partial charge in [-0.05, 0) is 12.8 Å². The van der Waals surface area contributed by atoms with Crippen LogP contribution in [0.5, 0.6) is 0 Å². The molecule has 1 aliphatic rings. The zero-order chi connectivity index (χ0) is 7.23. The Kier molecular flexibility index (Phi) is 6.96. The normalized spacial score (nSPS) is 22.5. The van der Waals surface area contributed by atoms with E-state index in [1.807, 2.05) is 0 Å². The van der Waals surface area contributed by atoms with Crippen LogP contribution in [0.4, 0.5) is 0 Å². The van der Waals surface area contributed by atoms with Gasteiger partial charge >= 0.3 is 0 Å². The average Bonchev–Trinajstić information content (AvgIpc) is 2.17. The molecule has 1 atom stereocenters. The van der Waals surface area contributed by atoms with Gasteiger partial charge in [-0.15, -0.1) is 24.0 Å². The Balaban J connectivity index is 0.000001000. The number of halogens is 1. The molecule has 0 N–H and O–H groups in total. The van der Waals surface area contributed by atoms with E-state index in [4.69, 9.17) is 4.74 Å². The second-order valence-corrected chi connectivity index (χ2v) is 2.61. The van der Waals surface area contributed by atoms with Crippen molar-refractivity contribution in [2.75, 3.05) is 13.7 Å². The smallest absolute Gasteiger partial charge is 0.0525 e. The van der Waals surface area contributed by atoms with Crippen molar-refractivity contribution in [3.05, 3.63) is 24.3 Å². The summed E-state index contributed by atoms with van der Waals surface area (Å²) in [5.74, 6) is 0.625. The lowest BCUT2D eigenvalue weighted by Crippen LogP contribution is -2.03. The monoisotopic (exact) mass is 266 g/mol. The Morgan fingerprint density at radius 3 is 3.00 bits per heavy atom. The molecule has 0 spiro atoms. The summed E-state index contributed by atoms with van der Waals surface area (Å²) in [6.07, 6.45) is 11.0. The van der Waals surface area contributed by atoms with E-state index in [1.54, 1.807) is 7.11 Å². The highest BCUT2D eigenvalue weighted by molar-refractivity contribution is 14.0. The SMILES string of the molecule is COCC1C=CC=CCC1.I. The van der Waals surface area contributed by atoms with E-state index in [9.17, 15) is 0 Å². The molecule has 11 heavy (non-hydrogen) atoms. The van der Waals surface area contributed by atoms with Gasteiger partial charge < -0.3 is 4.74 Å². The molecule has 0 heterocycles. The quantitative estimate of drug-likeness (QED) is 0.698. The highest BCUT2D eigenvalue weighted by Crippen LogP contribution is 2.12. The zero-order valence-corrected chi connectivity index (χ0v) is 9.15. The Morgan fingerprint density at radius 1 is 1.45 bits per heavy atom. The number of allylic oxidation sites excluding steroid dienone is 3. The topological polar surface area (TPSA) is 9.23 Å². The molecule has 0 aliphatic heterocycles. The van der Waals surface area contributed by atoms with Crippen LogP contribution in [0.1, 0.15) is 12.8 Å². The minimum Gasteiger partial charge on any atom is -0.384 e. The van der Waals surface area contributed by atoms with E-state index in [0.717, 1.165) is 6.61 Å². The summed E-state index contributed by atoms with van der Waals surface area (Å²) in [5, 5.41) is 0. The van der Waals surface area contributed by atoms with Crippen molar-refractivity contribution in [2.24, 2.45) is 5.92 Å². The first-order valence-electron chi connectivity index (χ1n) is 3.76. The van der Waals surface area contributed by atoms with Crippen LogP contribution in [0, 0.1) is 5.92 Å². The first-order valence-corrected chi connectivity index (χ1v) is 3.76. The van der Waals surface area contributed by atoms with Crippen LogP contribution in [0.15, 0.2) is 24.3 Å². The van der Waals surface area contributed by atoms with Crippen LogP contribution >= 0.6 is 24.0 Å². The lowest BCUT2D eigenvalue weighted by atomic mass is 10.1. The van der Waals surface area contributed by atoms with Crippen molar-refractivity contribution >= 4 is 24.0 Å². The Labute approximate surface area is 85.5 Å². The first kappa shape index (κ1) is 11.2. The Morgan fingerprint density at radius 2 is 2.27 bits per heavy atom. The number of hydrogen-bond donors (Lipinski definition) is 0. The standard InChI is InChI=1S/C9H14O.HI/c1-10-8-9-6-4-2-3-5-7-9;/h2-4,6,9H,5,7-8H2,1H3;1H. The Bertz CT molecular complexity index is 140. The first-order chi connectivity index (χ1) is 4.93. The highest BCUT2D eigenvalue weighted by Gasteiger charge is 2.03. The van der Waals surface area contributed by atoms with Gasteiger partial charge in [0.25, 0.3) is 0 Å². The van der Waals surface area contributed by atoms with Crippen LogP contribution in [-0.2, 0) is 4.74 Å². The second kappa shape index (κ2) is 6.85. The molecule has 1 rings (SSSR count). The molecule has 0 amide bonds. The van der Waals surface area contributed by atoms with E-state index in [1.165, 1.54) is 12.8 Å². The van der Waals surface area contributed by atoms with Gasteiger partial charge in [-0.2, -0.15) is 0 Å². The van der Waals surface area contributed by atoms with Crippen LogP contribution in [-0.4, -0.2) is 13.7 Å². The molecule has 0 saturated heterocycles. The summed E-state index contributed by atoms with van der Waals surface area (Å²) >= 11 is 0. The third-order valence-electron chi connectivity index (χ3n) is 1.72. The molecule has 0 bridgehead atoms. The minimum atomic E-state index is 0. The number of hydrogen-bond acceptors (Lipinski definition) is 1. The van der Waals surface area contributed by atoms with Gasteiger partial charge in [0.2, 0.25) is 0 Å². The van der Waals surface area contributed by atoms with E-state index >= 15 is 0 Å². The molecule has 2 heteroatoms. The van der Waals surface area contributed by atoms with Gasteiger partial charge in [0, 0.05) is 13.0 Å². The van der Waals surface area contributed by atoms with Crippen LogP contribution in [0.3, 0.4) is 0 Å². The highest BCUT2D eigenvalue weighted by atomic mass is 127. The second-order valence-electron chi connectivity index (χ2n) is 2.61. The number of rotatable bonds is 2. The maximum absolute atomic E-state index is 5.06. The third-order valence-corrected chi connectivity index (χ3v) is 1.72. The largest absolute Gasteiger partial charge is 0.384 e. The van der Waals surface area contributed by atoms with Crippen molar-refractivity contribution in [1.82, 2.24) is 0 Å². The molecule has 0 aromatic carbocycles. The molecular weight excluding hydrogens is 251 g/mol.